The standard InChI is InChI=1S/C18H20F2N8O3/c1-8-14-9(6-22-16(8)21)7-27(18(29)28(14)17-23-25-26(2)24-17)15-12(19)10(30-3)5-11(31-4)13(15)20/h5-6,25H,7H2,1-4H3,(H2,21,22)(H,23,24). The van der Waals surface area contributed by atoms with Gasteiger partial charge in [0.25, 0.3) is 0 Å². The number of hydrogen-bond acceptors (Lipinski definition) is 9. The number of urea groups is 1. The highest BCUT2D eigenvalue weighted by atomic mass is 19.1. The van der Waals surface area contributed by atoms with Crippen LogP contribution in [-0.4, -0.2) is 43.4 Å². The summed E-state index contributed by atoms with van der Waals surface area (Å²) in [6, 6.07) is 0.306. The van der Waals surface area contributed by atoms with Crippen LogP contribution < -0.4 is 36.0 Å². The van der Waals surface area contributed by atoms with E-state index in [0.29, 0.717) is 16.8 Å². The Morgan fingerprint density at radius 1 is 1.16 bits per heavy atom. The van der Waals surface area contributed by atoms with Gasteiger partial charge in [-0.25, -0.2) is 29.0 Å². The van der Waals surface area contributed by atoms with Gasteiger partial charge in [0.2, 0.25) is 5.96 Å². The first-order valence-electron chi connectivity index (χ1n) is 9.07. The van der Waals surface area contributed by atoms with E-state index in [1.165, 1.54) is 30.4 Å². The number of aromatic nitrogens is 1. The molecular formula is C18H20F2N8O3. The summed E-state index contributed by atoms with van der Waals surface area (Å²) in [6.45, 7) is 1.53. The number of halogens is 2. The minimum Gasteiger partial charge on any atom is -0.493 e. The van der Waals surface area contributed by atoms with Crippen LogP contribution in [0, 0.1) is 18.6 Å². The van der Waals surface area contributed by atoms with E-state index in [-0.39, 0.29) is 29.8 Å². The zero-order valence-electron chi connectivity index (χ0n) is 17.2. The second-order valence-electron chi connectivity index (χ2n) is 6.81. The molecule has 13 heteroatoms. The molecule has 0 atom stereocenters. The molecule has 31 heavy (non-hydrogen) atoms. The third-order valence-electron chi connectivity index (χ3n) is 4.98. The van der Waals surface area contributed by atoms with Gasteiger partial charge < -0.3 is 15.2 Å². The lowest BCUT2D eigenvalue weighted by Crippen LogP contribution is -2.55. The highest BCUT2D eigenvalue weighted by molar-refractivity contribution is 6.22. The Morgan fingerprint density at radius 2 is 1.81 bits per heavy atom. The number of benzene rings is 1. The number of fused-ring (bicyclic) bond motifs is 1. The van der Waals surface area contributed by atoms with Gasteiger partial charge in [-0.1, -0.05) is 0 Å². The minimum absolute atomic E-state index is 0.0860. The number of hydrazone groups is 1. The lowest BCUT2D eigenvalue weighted by Gasteiger charge is -2.37. The normalized spacial score (nSPS) is 15.9. The van der Waals surface area contributed by atoms with Crippen LogP contribution in [0.3, 0.4) is 0 Å². The molecule has 0 saturated carbocycles. The zero-order valence-corrected chi connectivity index (χ0v) is 17.2. The Morgan fingerprint density at radius 3 is 2.35 bits per heavy atom. The smallest absolute Gasteiger partial charge is 0.336 e. The maximum atomic E-state index is 15.2. The van der Waals surface area contributed by atoms with Crippen molar-refractivity contribution in [2.75, 3.05) is 36.8 Å². The number of nitrogens with zero attached hydrogens (tertiary/aromatic N) is 5. The number of hydrazine groups is 2. The quantitative estimate of drug-likeness (QED) is 0.664. The van der Waals surface area contributed by atoms with Gasteiger partial charge in [-0.2, -0.15) is 0 Å². The van der Waals surface area contributed by atoms with Crippen molar-refractivity contribution in [2.24, 2.45) is 5.10 Å². The van der Waals surface area contributed by atoms with Crippen LogP contribution in [0.15, 0.2) is 17.4 Å². The Labute approximate surface area is 175 Å². The number of ether oxygens (including phenoxy) is 2. The molecule has 2 aliphatic rings. The maximum absolute atomic E-state index is 15.2. The van der Waals surface area contributed by atoms with E-state index in [1.54, 1.807) is 14.0 Å². The molecule has 2 aliphatic heterocycles. The Bertz CT molecular complexity index is 1080. The highest BCUT2D eigenvalue weighted by Crippen LogP contribution is 2.42. The van der Waals surface area contributed by atoms with Gasteiger partial charge in [0.05, 0.1) is 26.5 Å². The van der Waals surface area contributed by atoms with Gasteiger partial charge in [0.1, 0.15) is 11.5 Å². The number of guanidine groups is 1. The molecule has 4 N–H and O–H groups in total. The van der Waals surface area contributed by atoms with Crippen molar-refractivity contribution >= 4 is 29.2 Å². The van der Waals surface area contributed by atoms with E-state index in [9.17, 15) is 4.79 Å². The Hall–Kier alpha value is -3.87. The molecule has 0 radical (unpaired) electrons. The molecule has 2 amide bonds. The van der Waals surface area contributed by atoms with E-state index in [2.05, 4.69) is 21.0 Å². The molecule has 0 spiro atoms. The van der Waals surface area contributed by atoms with Crippen molar-refractivity contribution in [3.8, 4) is 11.5 Å². The highest BCUT2D eigenvalue weighted by Gasteiger charge is 2.41. The fraction of sp³-hybridized carbons (Fsp3) is 0.278. The van der Waals surface area contributed by atoms with Gasteiger partial charge in [-0.3, -0.25) is 10.3 Å². The third kappa shape index (κ3) is 3.09. The predicted molar refractivity (Wildman–Crippen MR) is 108 cm³/mol. The number of methoxy groups -OCH3 is 2. The first kappa shape index (κ1) is 20.4. The lowest BCUT2D eigenvalue weighted by atomic mass is 10.1. The van der Waals surface area contributed by atoms with Crippen LogP contribution in [0.2, 0.25) is 0 Å². The van der Waals surface area contributed by atoms with Gasteiger partial charge in [-0.05, 0) is 6.92 Å². The van der Waals surface area contributed by atoms with Crippen LogP contribution in [0.1, 0.15) is 11.1 Å². The number of rotatable bonds is 3. The molecule has 0 unspecified atom stereocenters. The van der Waals surface area contributed by atoms with Crippen LogP contribution >= 0.6 is 0 Å². The van der Waals surface area contributed by atoms with Crippen molar-refractivity contribution in [3.63, 3.8) is 0 Å². The molecule has 1 aromatic carbocycles. The summed E-state index contributed by atoms with van der Waals surface area (Å²) < 4.78 is 40.3. The van der Waals surface area contributed by atoms with Crippen LogP contribution in [0.5, 0.6) is 11.5 Å². The third-order valence-corrected chi connectivity index (χ3v) is 4.98. The van der Waals surface area contributed by atoms with Gasteiger partial charge in [0.15, 0.2) is 23.1 Å². The number of nitrogen functional groups attached to an aromatic ring is 1. The molecule has 0 bridgehead atoms. The molecule has 0 aliphatic carbocycles. The van der Waals surface area contributed by atoms with Crippen LogP contribution in [0.25, 0.3) is 0 Å². The Kier molecular flexibility index (Phi) is 4.89. The van der Waals surface area contributed by atoms with Crippen molar-refractivity contribution in [2.45, 2.75) is 13.5 Å². The summed E-state index contributed by atoms with van der Waals surface area (Å²) in [4.78, 5) is 19.8. The Balaban J connectivity index is 1.93. The molecule has 164 valence electrons. The summed E-state index contributed by atoms with van der Waals surface area (Å²) in [7, 11) is 4.09. The van der Waals surface area contributed by atoms with Crippen LogP contribution in [-0.2, 0) is 6.54 Å². The molecule has 0 saturated heterocycles. The van der Waals surface area contributed by atoms with Gasteiger partial charge in [-0.15, -0.1) is 10.2 Å². The average molecular weight is 434 g/mol. The lowest BCUT2D eigenvalue weighted by molar-refractivity contribution is 0.230. The molecule has 0 fully saturated rings. The summed E-state index contributed by atoms with van der Waals surface area (Å²) >= 11 is 0. The number of nitrogens with two attached hydrogens (primary N) is 1. The van der Waals surface area contributed by atoms with E-state index < -0.39 is 23.4 Å². The summed E-state index contributed by atoms with van der Waals surface area (Å²) in [5, 5.41) is 5.46. The summed E-state index contributed by atoms with van der Waals surface area (Å²) in [6.07, 6.45) is 1.45. The average Bonchev–Trinajstić information content (AvgIpc) is 3.17. The number of pyridine rings is 1. The largest absolute Gasteiger partial charge is 0.493 e. The number of hydrogen-bond donors (Lipinski definition) is 3. The second-order valence-corrected chi connectivity index (χ2v) is 6.81. The summed E-state index contributed by atoms with van der Waals surface area (Å²) in [5.41, 5.74) is 12.2. The molecular weight excluding hydrogens is 414 g/mol. The van der Waals surface area contributed by atoms with Gasteiger partial charge in [0, 0.05) is 30.4 Å². The van der Waals surface area contributed by atoms with Crippen molar-refractivity contribution < 1.29 is 23.0 Å². The SMILES string of the molecule is COc1cc(OC)c(F)c(N2Cc3cnc(N)c(C)c3N(C3=NNN(C)N3)C2=O)c1F. The van der Waals surface area contributed by atoms with E-state index in [0.717, 1.165) is 11.0 Å². The van der Waals surface area contributed by atoms with E-state index in [4.69, 9.17) is 15.2 Å². The molecule has 3 heterocycles. The van der Waals surface area contributed by atoms with E-state index >= 15 is 8.78 Å². The number of anilines is 3. The zero-order chi connectivity index (χ0) is 22.4. The fourth-order valence-corrected chi connectivity index (χ4v) is 3.45. The maximum Gasteiger partial charge on any atom is 0.336 e. The minimum atomic E-state index is -1.05. The number of carbonyl (C=O) groups excluding carboxylic acids is 1. The first-order valence-corrected chi connectivity index (χ1v) is 9.07. The summed E-state index contributed by atoms with van der Waals surface area (Å²) in [5.74, 6) is -2.35. The molecule has 2 aromatic rings. The van der Waals surface area contributed by atoms with E-state index in [1.807, 2.05) is 0 Å². The van der Waals surface area contributed by atoms with Crippen molar-refractivity contribution in [1.29, 1.82) is 0 Å². The topological polar surface area (TPSA) is 121 Å². The first-order chi connectivity index (χ1) is 14.8. The molecule has 4 rings (SSSR count). The van der Waals surface area contributed by atoms with Gasteiger partial charge >= 0.3 is 6.03 Å². The predicted octanol–water partition coefficient (Wildman–Crippen LogP) is 1.44. The monoisotopic (exact) mass is 434 g/mol. The number of carbonyl (C=O) groups is 1. The fourth-order valence-electron chi connectivity index (χ4n) is 3.45. The van der Waals surface area contributed by atoms with Crippen LogP contribution in [0.4, 0.5) is 30.8 Å². The molecule has 11 nitrogen and oxygen atoms in total. The number of nitrogens with one attached hydrogen (secondary N) is 2. The number of amides is 2. The molecule has 1 aromatic heterocycles. The van der Waals surface area contributed by atoms with Crippen molar-refractivity contribution in [1.82, 2.24) is 21.1 Å². The second kappa shape index (κ2) is 7.43. The van der Waals surface area contributed by atoms with Crippen molar-refractivity contribution in [3.05, 3.63) is 35.0 Å².